The van der Waals surface area contributed by atoms with Crippen molar-refractivity contribution in [2.75, 3.05) is 12.4 Å². The average Bonchev–Trinajstić information content (AvgIpc) is 3.14. The number of H-pyrrole nitrogens is 1. The molecule has 2 N–H and O–H groups in total. The number of benzene rings is 1. The van der Waals surface area contributed by atoms with Gasteiger partial charge in [-0.2, -0.15) is 5.10 Å². The van der Waals surface area contributed by atoms with E-state index in [2.05, 4.69) is 15.5 Å². The number of para-hydroxylation sites is 1. The molecule has 1 aromatic carbocycles. The molecule has 0 aliphatic heterocycles. The molecule has 0 radical (unpaired) electrons. The van der Waals surface area contributed by atoms with E-state index in [1.165, 1.54) is 7.11 Å². The molecule has 0 spiro atoms. The fraction of sp³-hybridized carbons (Fsp3) is 0.176. The molecular formula is C17H17N3O3. The van der Waals surface area contributed by atoms with Crippen LogP contribution in [0.15, 0.2) is 40.8 Å². The highest BCUT2D eigenvalue weighted by atomic mass is 16.5. The Hall–Kier alpha value is -3.02. The number of aromatic amines is 1. The number of ether oxygens (including phenoxy) is 1. The lowest BCUT2D eigenvalue weighted by molar-refractivity contribution is 0.102. The number of carbonyl (C=O) groups excluding carboxylic acids is 1. The number of nitrogens with one attached hydrogen (secondary N) is 2. The van der Waals surface area contributed by atoms with Crippen molar-refractivity contribution in [3.63, 3.8) is 0 Å². The standard InChI is InChI=1S/C17H17N3O3/c1-10-8-9-14(23-10)15-11(2)16(20-19-15)18-17(21)12-6-4-5-7-13(12)22-3/h4-9H,1-3H3,(H2,18,19,20,21). The Morgan fingerprint density at radius 1 is 1.22 bits per heavy atom. The normalized spacial score (nSPS) is 10.6. The summed E-state index contributed by atoms with van der Waals surface area (Å²) >= 11 is 0. The van der Waals surface area contributed by atoms with E-state index in [0.29, 0.717) is 22.9 Å². The SMILES string of the molecule is COc1ccccc1C(=O)Nc1n[nH]c(-c2ccc(C)o2)c1C. The van der Waals surface area contributed by atoms with Gasteiger partial charge in [-0.1, -0.05) is 12.1 Å². The third-order valence-electron chi connectivity index (χ3n) is 3.58. The molecule has 0 unspecified atom stereocenters. The van der Waals surface area contributed by atoms with Crippen LogP contribution >= 0.6 is 0 Å². The Morgan fingerprint density at radius 2 is 2.00 bits per heavy atom. The number of furan rings is 1. The van der Waals surface area contributed by atoms with E-state index in [4.69, 9.17) is 9.15 Å². The van der Waals surface area contributed by atoms with Crippen LogP contribution in [0.5, 0.6) is 5.75 Å². The zero-order valence-corrected chi connectivity index (χ0v) is 13.1. The largest absolute Gasteiger partial charge is 0.496 e. The third kappa shape index (κ3) is 2.83. The van der Waals surface area contributed by atoms with Crippen LogP contribution < -0.4 is 10.1 Å². The lowest BCUT2D eigenvalue weighted by Crippen LogP contribution is -2.14. The van der Waals surface area contributed by atoms with Crippen molar-refractivity contribution in [3.05, 3.63) is 53.3 Å². The van der Waals surface area contributed by atoms with Crippen molar-refractivity contribution < 1.29 is 13.9 Å². The molecule has 1 amide bonds. The number of rotatable bonds is 4. The number of methoxy groups -OCH3 is 1. The maximum Gasteiger partial charge on any atom is 0.260 e. The molecule has 23 heavy (non-hydrogen) atoms. The van der Waals surface area contributed by atoms with E-state index < -0.39 is 0 Å². The summed E-state index contributed by atoms with van der Waals surface area (Å²) in [6.45, 7) is 3.74. The zero-order valence-electron chi connectivity index (χ0n) is 13.1. The van der Waals surface area contributed by atoms with Gasteiger partial charge in [-0.05, 0) is 38.1 Å². The zero-order chi connectivity index (χ0) is 16.4. The maximum atomic E-state index is 12.4. The summed E-state index contributed by atoms with van der Waals surface area (Å²) in [6.07, 6.45) is 0. The van der Waals surface area contributed by atoms with Gasteiger partial charge < -0.3 is 14.5 Å². The van der Waals surface area contributed by atoms with Gasteiger partial charge in [-0.25, -0.2) is 0 Å². The predicted molar refractivity (Wildman–Crippen MR) is 86.7 cm³/mol. The quantitative estimate of drug-likeness (QED) is 0.772. The van der Waals surface area contributed by atoms with Gasteiger partial charge in [-0.15, -0.1) is 0 Å². The Labute approximate surface area is 133 Å². The highest BCUT2D eigenvalue weighted by Gasteiger charge is 2.17. The predicted octanol–water partition coefficient (Wildman–Crippen LogP) is 3.55. The van der Waals surface area contributed by atoms with Crippen LogP contribution in [0.3, 0.4) is 0 Å². The Kier molecular flexibility index (Phi) is 3.89. The van der Waals surface area contributed by atoms with Crippen molar-refractivity contribution in [2.24, 2.45) is 0 Å². The van der Waals surface area contributed by atoms with Gasteiger partial charge in [0.1, 0.15) is 17.2 Å². The number of hydrogen-bond donors (Lipinski definition) is 2. The number of amides is 1. The van der Waals surface area contributed by atoms with E-state index in [0.717, 1.165) is 17.0 Å². The van der Waals surface area contributed by atoms with E-state index in [1.54, 1.807) is 18.2 Å². The van der Waals surface area contributed by atoms with Gasteiger partial charge in [0.05, 0.1) is 12.7 Å². The van der Waals surface area contributed by atoms with Crippen LogP contribution in [0.1, 0.15) is 21.7 Å². The fourth-order valence-electron chi connectivity index (χ4n) is 2.34. The summed E-state index contributed by atoms with van der Waals surface area (Å²) in [6, 6.07) is 10.8. The van der Waals surface area contributed by atoms with Crippen molar-refractivity contribution in [2.45, 2.75) is 13.8 Å². The van der Waals surface area contributed by atoms with Crippen molar-refractivity contribution >= 4 is 11.7 Å². The first-order valence-electron chi connectivity index (χ1n) is 7.16. The minimum atomic E-state index is -0.278. The first-order valence-corrected chi connectivity index (χ1v) is 7.16. The van der Waals surface area contributed by atoms with Crippen LogP contribution in [0.25, 0.3) is 11.5 Å². The number of carbonyl (C=O) groups is 1. The molecule has 0 saturated carbocycles. The van der Waals surface area contributed by atoms with E-state index in [1.807, 2.05) is 32.0 Å². The minimum Gasteiger partial charge on any atom is -0.496 e. The maximum absolute atomic E-state index is 12.4. The number of aryl methyl sites for hydroxylation is 1. The molecule has 0 aliphatic rings. The second kappa shape index (κ2) is 6.00. The van der Waals surface area contributed by atoms with Gasteiger partial charge in [0, 0.05) is 5.56 Å². The Morgan fingerprint density at radius 3 is 2.70 bits per heavy atom. The number of hydrogen-bond acceptors (Lipinski definition) is 4. The molecule has 118 valence electrons. The number of nitrogens with zero attached hydrogens (tertiary/aromatic N) is 1. The van der Waals surface area contributed by atoms with Crippen molar-refractivity contribution in [1.29, 1.82) is 0 Å². The Balaban J connectivity index is 1.86. The second-order valence-electron chi connectivity index (χ2n) is 5.14. The molecule has 3 rings (SSSR count). The van der Waals surface area contributed by atoms with E-state index >= 15 is 0 Å². The van der Waals surface area contributed by atoms with Gasteiger partial charge >= 0.3 is 0 Å². The van der Waals surface area contributed by atoms with E-state index in [-0.39, 0.29) is 5.91 Å². The summed E-state index contributed by atoms with van der Waals surface area (Å²) < 4.78 is 10.8. The first kappa shape index (κ1) is 14.9. The molecule has 0 aliphatic carbocycles. The highest BCUT2D eigenvalue weighted by Crippen LogP contribution is 2.28. The fourth-order valence-corrected chi connectivity index (χ4v) is 2.34. The highest BCUT2D eigenvalue weighted by molar-refractivity contribution is 6.06. The van der Waals surface area contributed by atoms with Crippen LogP contribution in [-0.4, -0.2) is 23.2 Å². The Bertz CT molecular complexity index is 848. The van der Waals surface area contributed by atoms with Crippen LogP contribution in [0.2, 0.25) is 0 Å². The monoisotopic (exact) mass is 311 g/mol. The molecule has 0 atom stereocenters. The van der Waals surface area contributed by atoms with Gasteiger partial charge in [0.2, 0.25) is 0 Å². The smallest absolute Gasteiger partial charge is 0.260 e. The number of aromatic nitrogens is 2. The summed E-state index contributed by atoms with van der Waals surface area (Å²) in [5, 5.41) is 9.86. The number of anilines is 1. The van der Waals surface area contributed by atoms with Crippen LogP contribution in [0, 0.1) is 13.8 Å². The average molecular weight is 311 g/mol. The minimum absolute atomic E-state index is 0.278. The molecule has 0 bridgehead atoms. The van der Waals surface area contributed by atoms with Gasteiger partial charge in [-0.3, -0.25) is 9.89 Å². The van der Waals surface area contributed by atoms with Gasteiger partial charge in [0.25, 0.3) is 5.91 Å². The topological polar surface area (TPSA) is 80.1 Å². The lowest BCUT2D eigenvalue weighted by atomic mass is 10.1. The summed E-state index contributed by atoms with van der Waals surface area (Å²) in [4.78, 5) is 12.4. The van der Waals surface area contributed by atoms with Gasteiger partial charge in [0.15, 0.2) is 11.6 Å². The van der Waals surface area contributed by atoms with E-state index in [9.17, 15) is 4.79 Å². The molecule has 3 aromatic rings. The van der Waals surface area contributed by atoms with Crippen molar-refractivity contribution in [1.82, 2.24) is 10.2 Å². The molecule has 0 fully saturated rings. The first-order chi connectivity index (χ1) is 11.1. The van der Waals surface area contributed by atoms with Crippen LogP contribution in [0.4, 0.5) is 5.82 Å². The molecule has 6 heteroatoms. The summed E-state index contributed by atoms with van der Waals surface area (Å²) in [7, 11) is 1.53. The lowest BCUT2D eigenvalue weighted by Gasteiger charge is -2.08. The van der Waals surface area contributed by atoms with Crippen molar-refractivity contribution in [3.8, 4) is 17.2 Å². The van der Waals surface area contributed by atoms with Crippen LogP contribution in [-0.2, 0) is 0 Å². The summed E-state index contributed by atoms with van der Waals surface area (Å²) in [5.74, 6) is 2.20. The molecule has 2 aromatic heterocycles. The molecule has 2 heterocycles. The molecular weight excluding hydrogens is 294 g/mol. The third-order valence-corrected chi connectivity index (χ3v) is 3.58. The second-order valence-corrected chi connectivity index (χ2v) is 5.14. The summed E-state index contributed by atoms with van der Waals surface area (Å²) in [5.41, 5.74) is 2.00. The molecule has 0 saturated heterocycles. The molecule has 6 nitrogen and oxygen atoms in total.